The van der Waals surface area contributed by atoms with Crippen LogP contribution in [0, 0.1) is 6.92 Å². The molecule has 1 fully saturated rings. The summed E-state index contributed by atoms with van der Waals surface area (Å²) in [7, 11) is 0. The van der Waals surface area contributed by atoms with Crippen molar-refractivity contribution >= 4 is 17.2 Å². The second-order valence-corrected chi connectivity index (χ2v) is 6.57. The minimum atomic E-state index is 0.330. The van der Waals surface area contributed by atoms with Gasteiger partial charge in [-0.25, -0.2) is 19.5 Å². The van der Waals surface area contributed by atoms with Crippen LogP contribution in [0.1, 0.15) is 31.3 Å². The highest BCUT2D eigenvalue weighted by atomic mass is 15.3. The molecule has 0 radical (unpaired) electrons. The van der Waals surface area contributed by atoms with Crippen LogP contribution in [-0.4, -0.2) is 43.7 Å². The van der Waals surface area contributed by atoms with Crippen molar-refractivity contribution in [3.05, 3.63) is 42.2 Å². The molecule has 0 aromatic carbocycles. The Morgan fingerprint density at radius 2 is 2.04 bits per heavy atom. The number of rotatable bonds is 4. The number of hydrogen-bond acceptors (Lipinski definition) is 6. The Morgan fingerprint density at radius 1 is 1.21 bits per heavy atom. The lowest BCUT2D eigenvalue weighted by Crippen LogP contribution is -2.55. The number of hydrogen-bond donors (Lipinski definition) is 1. The van der Waals surface area contributed by atoms with E-state index in [0.29, 0.717) is 12.0 Å². The number of aromatic nitrogens is 5. The van der Waals surface area contributed by atoms with Gasteiger partial charge in [0.1, 0.15) is 17.2 Å². The molecule has 4 heterocycles. The van der Waals surface area contributed by atoms with Gasteiger partial charge in [0.2, 0.25) is 0 Å². The van der Waals surface area contributed by atoms with Crippen LogP contribution in [0.25, 0.3) is 5.52 Å². The Balaban J connectivity index is 1.45. The van der Waals surface area contributed by atoms with Gasteiger partial charge in [-0.2, -0.15) is 5.10 Å². The molecule has 1 aliphatic heterocycles. The summed E-state index contributed by atoms with van der Waals surface area (Å²) in [6, 6.07) is 4.36. The van der Waals surface area contributed by atoms with E-state index in [9.17, 15) is 0 Å². The standard InChI is InChI=1S/C17H21N7/c1-11(2)16-18-5-4-15(21-16)20-13-9-23(10-13)17-14-8-12(3)22-24(14)7-6-19-17/h4-8,11,13H,9-10H2,1-3H3,(H,18,20,21). The molecule has 4 rings (SSSR count). The zero-order valence-electron chi connectivity index (χ0n) is 14.1. The van der Waals surface area contributed by atoms with Crippen molar-refractivity contribution in [2.75, 3.05) is 23.3 Å². The van der Waals surface area contributed by atoms with Gasteiger partial charge in [0.15, 0.2) is 5.82 Å². The highest BCUT2D eigenvalue weighted by Crippen LogP contribution is 2.25. The molecule has 124 valence electrons. The topological polar surface area (TPSA) is 71.2 Å². The van der Waals surface area contributed by atoms with Crippen LogP contribution in [0.2, 0.25) is 0 Å². The van der Waals surface area contributed by atoms with E-state index in [1.807, 2.05) is 29.9 Å². The first kappa shape index (κ1) is 14.9. The molecule has 3 aromatic rings. The summed E-state index contributed by atoms with van der Waals surface area (Å²) in [6.45, 7) is 8.00. The Labute approximate surface area is 140 Å². The van der Waals surface area contributed by atoms with Gasteiger partial charge in [-0.3, -0.25) is 0 Å². The first-order valence-corrected chi connectivity index (χ1v) is 8.25. The molecule has 0 bridgehead atoms. The van der Waals surface area contributed by atoms with E-state index in [2.05, 4.69) is 50.2 Å². The largest absolute Gasteiger partial charge is 0.364 e. The summed E-state index contributed by atoms with van der Waals surface area (Å²) in [6.07, 6.45) is 5.50. The van der Waals surface area contributed by atoms with E-state index >= 15 is 0 Å². The van der Waals surface area contributed by atoms with Crippen molar-refractivity contribution < 1.29 is 0 Å². The maximum Gasteiger partial charge on any atom is 0.154 e. The first-order chi connectivity index (χ1) is 11.6. The van der Waals surface area contributed by atoms with Crippen molar-refractivity contribution in [1.29, 1.82) is 0 Å². The van der Waals surface area contributed by atoms with E-state index in [0.717, 1.165) is 41.8 Å². The molecule has 0 amide bonds. The third kappa shape index (κ3) is 2.66. The van der Waals surface area contributed by atoms with Gasteiger partial charge in [-0.05, 0) is 19.1 Å². The molecule has 24 heavy (non-hydrogen) atoms. The van der Waals surface area contributed by atoms with Crippen LogP contribution in [-0.2, 0) is 0 Å². The fraction of sp³-hybridized carbons (Fsp3) is 0.412. The number of aryl methyl sites for hydroxylation is 1. The normalized spacial score (nSPS) is 15.1. The van der Waals surface area contributed by atoms with Crippen LogP contribution < -0.4 is 10.2 Å². The van der Waals surface area contributed by atoms with Gasteiger partial charge >= 0.3 is 0 Å². The van der Waals surface area contributed by atoms with Crippen molar-refractivity contribution in [2.24, 2.45) is 0 Å². The summed E-state index contributed by atoms with van der Waals surface area (Å²) >= 11 is 0. The smallest absolute Gasteiger partial charge is 0.154 e. The van der Waals surface area contributed by atoms with Gasteiger partial charge in [0.05, 0.1) is 11.7 Å². The molecule has 0 unspecified atom stereocenters. The Bertz CT molecular complexity index is 864. The molecule has 0 aliphatic carbocycles. The molecule has 0 atom stereocenters. The van der Waals surface area contributed by atoms with E-state index in [-0.39, 0.29) is 0 Å². The maximum absolute atomic E-state index is 4.57. The molecule has 7 heteroatoms. The second-order valence-electron chi connectivity index (χ2n) is 6.57. The summed E-state index contributed by atoms with van der Waals surface area (Å²) < 4.78 is 1.89. The van der Waals surface area contributed by atoms with Gasteiger partial charge in [-0.1, -0.05) is 13.8 Å². The highest BCUT2D eigenvalue weighted by molar-refractivity contribution is 5.70. The summed E-state index contributed by atoms with van der Waals surface area (Å²) in [5, 5.41) is 7.93. The summed E-state index contributed by atoms with van der Waals surface area (Å²) in [4.78, 5) is 15.7. The Morgan fingerprint density at radius 3 is 2.83 bits per heavy atom. The predicted octanol–water partition coefficient (Wildman–Crippen LogP) is 2.25. The first-order valence-electron chi connectivity index (χ1n) is 8.25. The van der Waals surface area contributed by atoms with Crippen LogP contribution in [0.15, 0.2) is 30.7 Å². The second kappa shape index (κ2) is 5.74. The van der Waals surface area contributed by atoms with Gasteiger partial charge in [0, 0.05) is 37.6 Å². The average Bonchev–Trinajstić information content (AvgIpc) is 2.91. The Hall–Kier alpha value is -2.70. The van der Waals surface area contributed by atoms with Crippen molar-refractivity contribution in [1.82, 2.24) is 24.6 Å². The maximum atomic E-state index is 4.57. The molecule has 3 aromatic heterocycles. The molecule has 7 nitrogen and oxygen atoms in total. The number of anilines is 2. The third-order valence-corrected chi connectivity index (χ3v) is 4.22. The molecule has 0 spiro atoms. The fourth-order valence-corrected chi connectivity index (χ4v) is 2.96. The zero-order valence-corrected chi connectivity index (χ0v) is 14.1. The molecular formula is C17H21N7. The number of nitrogens with one attached hydrogen (secondary N) is 1. The lowest BCUT2D eigenvalue weighted by molar-refractivity contribution is 0.543. The van der Waals surface area contributed by atoms with Crippen molar-refractivity contribution in [3.8, 4) is 0 Å². The average molecular weight is 323 g/mol. The minimum Gasteiger partial charge on any atom is -0.364 e. The molecule has 1 N–H and O–H groups in total. The summed E-state index contributed by atoms with van der Waals surface area (Å²) in [5.41, 5.74) is 2.05. The van der Waals surface area contributed by atoms with E-state index in [4.69, 9.17) is 0 Å². The van der Waals surface area contributed by atoms with Crippen LogP contribution in [0.3, 0.4) is 0 Å². The fourth-order valence-electron chi connectivity index (χ4n) is 2.96. The van der Waals surface area contributed by atoms with Crippen LogP contribution >= 0.6 is 0 Å². The lowest BCUT2D eigenvalue weighted by Gasteiger charge is -2.40. The quantitative estimate of drug-likeness (QED) is 0.794. The highest BCUT2D eigenvalue weighted by Gasteiger charge is 2.29. The number of nitrogens with zero attached hydrogens (tertiary/aromatic N) is 6. The monoisotopic (exact) mass is 323 g/mol. The molecular weight excluding hydrogens is 302 g/mol. The van der Waals surface area contributed by atoms with Gasteiger partial charge in [0.25, 0.3) is 0 Å². The summed E-state index contributed by atoms with van der Waals surface area (Å²) in [5.74, 6) is 3.08. The van der Waals surface area contributed by atoms with E-state index in [1.165, 1.54) is 0 Å². The zero-order chi connectivity index (χ0) is 16.7. The molecule has 1 saturated heterocycles. The van der Waals surface area contributed by atoms with Crippen molar-refractivity contribution in [3.63, 3.8) is 0 Å². The van der Waals surface area contributed by atoms with E-state index < -0.39 is 0 Å². The third-order valence-electron chi connectivity index (χ3n) is 4.22. The predicted molar refractivity (Wildman–Crippen MR) is 93.5 cm³/mol. The SMILES string of the molecule is Cc1cc2c(N3CC(Nc4ccnc(C(C)C)n4)C3)nccn2n1. The molecule has 1 aliphatic rings. The van der Waals surface area contributed by atoms with Gasteiger partial charge < -0.3 is 10.2 Å². The Kier molecular flexibility index (Phi) is 3.55. The van der Waals surface area contributed by atoms with Crippen LogP contribution in [0.4, 0.5) is 11.6 Å². The minimum absolute atomic E-state index is 0.330. The molecule has 0 saturated carbocycles. The van der Waals surface area contributed by atoms with Crippen LogP contribution in [0.5, 0.6) is 0 Å². The van der Waals surface area contributed by atoms with E-state index in [1.54, 1.807) is 6.20 Å². The number of fused-ring (bicyclic) bond motifs is 1. The van der Waals surface area contributed by atoms with Gasteiger partial charge in [-0.15, -0.1) is 0 Å². The van der Waals surface area contributed by atoms with Crippen molar-refractivity contribution in [2.45, 2.75) is 32.7 Å². The lowest BCUT2D eigenvalue weighted by atomic mass is 10.1.